The van der Waals surface area contributed by atoms with Crippen molar-refractivity contribution in [2.75, 3.05) is 18.1 Å². The number of rotatable bonds is 2. The van der Waals surface area contributed by atoms with Gasteiger partial charge in [0.2, 0.25) is 0 Å². The Labute approximate surface area is 120 Å². The topological polar surface area (TPSA) is 72.2 Å². The molecule has 0 bridgehead atoms. The van der Waals surface area contributed by atoms with Crippen LogP contribution < -0.4 is 5.32 Å². The summed E-state index contributed by atoms with van der Waals surface area (Å²) in [6, 6.07) is 2.34. The molecule has 3 rings (SSSR count). The van der Waals surface area contributed by atoms with E-state index in [1.807, 2.05) is 0 Å². The lowest BCUT2D eigenvalue weighted by molar-refractivity contribution is 0.456. The Hall–Kier alpha value is -1.18. The van der Waals surface area contributed by atoms with Gasteiger partial charge in [0.1, 0.15) is 11.3 Å². The molecule has 20 heavy (non-hydrogen) atoms. The van der Waals surface area contributed by atoms with Crippen molar-refractivity contribution >= 4 is 32.5 Å². The third-order valence-electron chi connectivity index (χ3n) is 3.20. The third kappa shape index (κ3) is 2.79. The molecule has 1 fully saturated rings. The van der Waals surface area contributed by atoms with E-state index in [1.54, 1.807) is 0 Å². The summed E-state index contributed by atoms with van der Waals surface area (Å²) in [6.07, 6.45) is 0.340. The first-order chi connectivity index (χ1) is 9.43. The maximum Gasteiger partial charge on any atom is 0.197 e. The van der Waals surface area contributed by atoms with E-state index < -0.39 is 15.7 Å². The molecule has 1 aromatic heterocycles. The van der Waals surface area contributed by atoms with Crippen LogP contribution >= 0.6 is 11.6 Å². The lowest BCUT2D eigenvalue weighted by Crippen LogP contribution is -2.46. The Morgan fingerprint density at radius 3 is 3.05 bits per heavy atom. The highest BCUT2D eigenvalue weighted by Crippen LogP contribution is 2.24. The van der Waals surface area contributed by atoms with Gasteiger partial charge in [-0.1, -0.05) is 11.6 Å². The largest absolute Gasteiger partial charge is 0.441 e. The van der Waals surface area contributed by atoms with Gasteiger partial charge in [-0.2, -0.15) is 0 Å². The Bertz CT molecular complexity index is 720. The van der Waals surface area contributed by atoms with Crippen LogP contribution in [0.2, 0.25) is 5.02 Å². The molecule has 1 aliphatic heterocycles. The molecule has 1 unspecified atom stereocenters. The van der Waals surface area contributed by atoms with Gasteiger partial charge in [0.25, 0.3) is 0 Å². The fourth-order valence-corrected chi connectivity index (χ4v) is 3.87. The number of halogens is 2. The molecule has 2 aromatic rings. The van der Waals surface area contributed by atoms with E-state index in [1.165, 1.54) is 12.1 Å². The van der Waals surface area contributed by atoms with Crippen molar-refractivity contribution in [2.45, 2.75) is 12.5 Å². The second kappa shape index (κ2) is 4.98. The Morgan fingerprint density at radius 1 is 1.50 bits per heavy atom. The zero-order chi connectivity index (χ0) is 14.3. The highest BCUT2D eigenvalue weighted by Gasteiger charge is 2.25. The minimum Gasteiger partial charge on any atom is -0.441 e. The number of oxazole rings is 1. The second-order valence-electron chi connectivity index (χ2n) is 4.81. The van der Waals surface area contributed by atoms with E-state index in [-0.39, 0.29) is 22.6 Å². The maximum atomic E-state index is 13.3. The minimum absolute atomic E-state index is 0.0179. The normalized spacial score (nSPS) is 22.2. The van der Waals surface area contributed by atoms with Crippen molar-refractivity contribution in [1.82, 2.24) is 10.3 Å². The molecule has 1 N–H and O–H groups in total. The number of hydrogen-bond donors (Lipinski definition) is 1. The number of benzene rings is 1. The van der Waals surface area contributed by atoms with Crippen LogP contribution in [0, 0.1) is 5.82 Å². The Morgan fingerprint density at radius 2 is 2.30 bits per heavy atom. The maximum absolute atomic E-state index is 13.3. The second-order valence-corrected chi connectivity index (χ2v) is 7.45. The predicted octanol–water partition coefficient (Wildman–Crippen LogP) is 1.55. The lowest BCUT2D eigenvalue weighted by Gasteiger charge is -2.22. The number of nitrogens with one attached hydrogen (secondary N) is 1. The van der Waals surface area contributed by atoms with Crippen LogP contribution in [0.15, 0.2) is 16.5 Å². The molecular weight excluding hydrogens is 307 g/mol. The first-order valence-corrected chi connectivity index (χ1v) is 8.31. The van der Waals surface area contributed by atoms with Gasteiger partial charge in [-0.25, -0.2) is 17.8 Å². The Kier molecular flexibility index (Phi) is 3.43. The predicted molar refractivity (Wildman–Crippen MR) is 73.1 cm³/mol. The SMILES string of the molecule is O=S1(=O)CCNC(Cc2nc3cc(Cl)c(F)cc3o2)C1. The average Bonchev–Trinajstić information content (AvgIpc) is 2.69. The van der Waals surface area contributed by atoms with Crippen LogP contribution in [-0.2, 0) is 16.3 Å². The number of fused-ring (bicyclic) bond motifs is 1. The number of sulfone groups is 1. The summed E-state index contributed by atoms with van der Waals surface area (Å²) in [5.74, 6) is 0.00938. The first-order valence-electron chi connectivity index (χ1n) is 6.11. The van der Waals surface area contributed by atoms with Crippen LogP contribution in [0.5, 0.6) is 0 Å². The van der Waals surface area contributed by atoms with E-state index in [2.05, 4.69) is 10.3 Å². The summed E-state index contributed by atoms with van der Waals surface area (Å²) in [5, 5.41) is 3.09. The molecule has 8 heteroatoms. The summed E-state index contributed by atoms with van der Waals surface area (Å²) < 4.78 is 41.8. The number of hydrogen-bond acceptors (Lipinski definition) is 5. The molecule has 0 amide bonds. The van der Waals surface area contributed by atoms with Gasteiger partial charge in [-0.05, 0) is 6.07 Å². The first kappa shape index (κ1) is 13.8. The van der Waals surface area contributed by atoms with Crippen molar-refractivity contribution in [3.05, 3.63) is 28.9 Å². The van der Waals surface area contributed by atoms with E-state index in [4.69, 9.17) is 16.0 Å². The highest BCUT2D eigenvalue weighted by molar-refractivity contribution is 7.91. The fraction of sp³-hybridized carbons (Fsp3) is 0.417. The quantitative estimate of drug-likeness (QED) is 0.909. The van der Waals surface area contributed by atoms with Crippen molar-refractivity contribution in [3.8, 4) is 0 Å². The Balaban J connectivity index is 1.84. The van der Waals surface area contributed by atoms with Crippen molar-refractivity contribution in [1.29, 1.82) is 0 Å². The molecule has 2 heterocycles. The van der Waals surface area contributed by atoms with Crippen LogP contribution in [0.25, 0.3) is 11.1 Å². The summed E-state index contributed by atoms with van der Waals surface area (Å²) in [7, 11) is -3.01. The van der Waals surface area contributed by atoms with Crippen molar-refractivity contribution in [3.63, 3.8) is 0 Å². The van der Waals surface area contributed by atoms with E-state index in [0.717, 1.165) is 0 Å². The molecule has 1 aromatic carbocycles. The molecule has 0 radical (unpaired) electrons. The molecular formula is C12H12ClFN2O3S. The molecule has 108 valence electrons. The average molecular weight is 319 g/mol. The molecule has 0 aliphatic carbocycles. The molecule has 1 saturated heterocycles. The van der Waals surface area contributed by atoms with E-state index in [0.29, 0.717) is 30.0 Å². The molecule has 0 saturated carbocycles. The van der Waals surface area contributed by atoms with Gasteiger partial charge in [0.15, 0.2) is 21.3 Å². The smallest absolute Gasteiger partial charge is 0.197 e. The molecule has 1 aliphatic rings. The summed E-state index contributed by atoms with van der Waals surface area (Å²) >= 11 is 5.68. The highest BCUT2D eigenvalue weighted by atomic mass is 35.5. The summed E-state index contributed by atoms with van der Waals surface area (Å²) in [4.78, 5) is 4.20. The van der Waals surface area contributed by atoms with Crippen molar-refractivity contribution < 1.29 is 17.2 Å². The lowest BCUT2D eigenvalue weighted by atomic mass is 10.2. The van der Waals surface area contributed by atoms with Crippen LogP contribution in [0.1, 0.15) is 5.89 Å². The number of nitrogens with zero attached hydrogens (tertiary/aromatic N) is 1. The van der Waals surface area contributed by atoms with E-state index in [9.17, 15) is 12.8 Å². The minimum atomic E-state index is -3.01. The summed E-state index contributed by atoms with van der Waals surface area (Å²) in [5.41, 5.74) is 0.769. The zero-order valence-electron chi connectivity index (χ0n) is 10.4. The summed E-state index contributed by atoms with van der Waals surface area (Å²) in [6.45, 7) is 0.424. The van der Waals surface area contributed by atoms with Gasteiger partial charge < -0.3 is 9.73 Å². The zero-order valence-corrected chi connectivity index (χ0v) is 12.0. The van der Waals surface area contributed by atoms with E-state index >= 15 is 0 Å². The van der Waals surface area contributed by atoms with Crippen molar-refractivity contribution in [2.24, 2.45) is 0 Å². The van der Waals surface area contributed by atoms with Gasteiger partial charge >= 0.3 is 0 Å². The third-order valence-corrected chi connectivity index (χ3v) is 5.22. The monoisotopic (exact) mass is 318 g/mol. The molecule has 0 spiro atoms. The van der Waals surface area contributed by atoms with Gasteiger partial charge in [-0.3, -0.25) is 0 Å². The van der Waals surface area contributed by atoms with Crippen LogP contribution in [0.3, 0.4) is 0 Å². The van der Waals surface area contributed by atoms with Gasteiger partial charge in [0, 0.05) is 25.1 Å². The van der Waals surface area contributed by atoms with Gasteiger partial charge in [-0.15, -0.1) is 0 Å². The number of aromatic nitrogens is 1. The van der Waals surface area contributed by atoms with Crippen LogP contribution in [-0.4, -0.2) is 37.5 Å². The molecule has 5 nitrogen and oxygen atoms in total. The van der Waals surface area contributed by atoms with Gasteiger partial charge in [0.05, 0.1) is 16.5 Å². The standard InChI is InChI=1S/C12H12ClFN2O3S/c13-8-4-10-11(5-9(8)14)19-12(16-10)3-7-6-20(17,18)2-1-15-7/h4-5,7,15H,1-3,6H2. The van der Waals surface area contributed by atoms with Crippen LogP contribution in [0.4, 0.5) is 4.39 Å². The fourth-order valence-electron chi connectivity index (χ4n) is 2.27. The molecule has 1 atom stereocenters.